The zero-order valence-electron chi connectivity index (χ0n) is 10.6. The van der Waals surface area contributed by atoms with E-state index in [1.54, 1.807) is 12.1 Å². The molecule has 0 fully saturated rings. The molecule has 0 radical (unpaired) electrons. The largest absolute Gasteiger partial charge is 0.494 e. The molecule has 0 unspecified atom stereocenters. The first-order valence-electron chi connectivity index (χ1n) is 6.10. The standard InChI is InChI=1S/C15H15ClFNO/c1-2-19-12-8-6-11(7-9-12)18-10-13-14(16)4-3-5-15(13)17/h3-9,18H,2,10H2,1H3. The van der Waals surface area contributed by atoms with Crippen molar-refractivity contribution in [3.05, 3.63) is 58.9 Å². The van der Waals surface area contributed by atoms with Gasteiger partial charge in [-0.25, -0.2) is 4.39 Å². The number of hydrogen-bond acceptors (Lipinski definition) is 2. The van der Waals surface area contributed by atoms with Crippen LogP contribution < -0.4 is 10.1 Å². The van der Waals surface area contributed by atoms with Gasteiger partial charge in [0.15, 0.2) is 0 Å². The van der Waals surface area contributed by atoms with Crippen molar-refractivity contribution in [3.63, 3.8) is 0 Å². The van der Waals surface area contributed by atoms with Crippen molar-refractivity contribution in [1.82, 2.24) is 0 Å². The van der Waals surface area contributed by atoms with Crippen LogP contribution in [0.2, 0.25) is 5.02 Å². The Balaban J connectivity index is 2.02. The van der Waals surface area contributed by atoms with Crippen LogP contribution in [0, 0.1) is 5.82 Å². The summed E-state index contributed by atoms with van der Waals surface area (Å²) in [4.78, 5) is 0. The monoisotopic (exact) mass is 279 g/mol. The topological polar surface area (TPSA) is 21.3 Å². The quantitative estimate of drug-likeness (QED) is 0.871. The second kappa shape index (κ2) is 6.43. The van der Waals surface area contributed by atoms with Crippen LogP contribution in [0.4, 0.5) is 10.1 Å². The van der Waals surface area contributed by atoms with E-state index in [2.05, 4.69) is 5.32 Å². The molecule has 4 heteroatoms. The van der Waals surface area contributed by atoms with Gasteiger partial charge < -0.3 is 10.1 Å². The van der Waals surface area contributed by atoms with Gasteiger partial charge in [-0.1, -0.05) is 17.7 Å². The predicted molar refractivity (Wildman–Crippen MR) is 76.3 cm³/mol. The summed E-state index contributed by atoms with van der Waals surface area (Å²) in [5.41, 5.74) is 1.36. The smallest absolute Gasteiger partial charge is 0.129 e. The summed E-state index contributed by atoms with van der Waals surface area (Å²) in [5.74, 6) is 0.517. The Hall–Kier alpha value is -1.74. The van der Waals surface area contributed by atoms with Crippen LogP contribution in [0.25, 0.3) is 0 Å². The normalized spacial score (nSPS) is 10.3. The Morgan fingerprint density at radius 1 is 1.16 bits per heavy atom. The van der Waals surface area contributed by atoms with Crippen LogP contribution in [-0.2, 0) is 6.54 Å². The van der Waals surface area contributed by atoms with Gasteiger partial charge in [-0.15, -0.1) is 0 Å². The summed E-state index contributed by atoms with van der Waals surface area (Å²) in [5, 5.41) is 3.56. The average Bonchev–Trinajstić information content (AvgIpc) is 2.40. The fourth-order valence-electron chi connectivity index (χ4n) is 1.73. The van der Waals surface area contributed by atoms with Crippen LogP contribution in [0.5, 0.6) is 5.75 Å². The molecule has 2 aromatic carbocycles. The zero-order valence-corrected chi connectivity index (χ0v) is 11.4. The molecule has 0 aliphatic rings. The van der Waals surface area contributed by atoms with E-state index in [4.69, 9.17) is 16.3 Å². The van der Waals surface area contributed by atoms with Gasteiger partial charge in [-0.2, -0.15) is 0 Å². The summed E-state index contributed by atoms with van der Waals surface area (Å²) >= 11 is 5.96. The Labute approximate surface area is 117 Å². The molecule has 2 rings (SSSR count). The second-order valence-electron chi connectivity index (χ2n) is 4.01. The van der Waals surface area contributed by atoms with Gasteiger partial charge in [0.25, 0.3) is 0 Å². The highest BCUT2D eigenvalue weighted by atomic mass is 35.5. The Morgan fingerprint density at radius 2 is 1.89 bits per heavy atom. The highest BCUT2D eigenvalue weighted by Gasteiger charge is 2.06. The summed E-state index contributed by atoms with van der Waals surface area (Å²) < 4.78 is 18.9. The van der Waals surface area contributed by atoms with E-state index in [0.29, 0.717) is 23.7 Å². The maximum absolute atomic E-state index is 13.6. The minimum Gasteiger partial charge on any atom is -0.494 e. The number of benzene rings is 2. The average molecular weight is 280 g/mol. The predicted octanol–water partition coefficient (Wildman–Crippen LogP) is 4.49. The van der Waals surface area contributed by atoms with E-state index in [1.165, 1.54) is 6.07 Å². The van der Waals surface area contributed by atoms with Gasteiger partial charge in [0.1, 0.15) is 11.6 Å². The first-order chi connectivity index (χ1) is 9.20. The number of nitrogens with one attached hydrogen (secondary N) is 1. The van der Waals surface area contributed by atoms with E-state index in [0.717, 1.165) is 11.4 Å². The molecule has 0 aliphatic carbocycles. The number of rotatable bonds is 5. The van der Waals surface area contributed by atoms with Crippen molar-refractivity contribution in [2.75, 3.05) is 11.9 Å². The number of halogens is 2. The van der Waals surface area contributed by atoms with Crippen molar-refractivity contribution in [1.29, 1.82) is 0 Å². The molecule has 19 heavy (non-hydrogen) atoms. The Morgan fingerprint density at radius 3 is 2.53 bits per heavy atom. The van der Waals surface area contributed by atoms with E-state index >= 15 is 0 Å². The minimum atomic E-state index is -0.300. The van der Waals surface area contributed by atoms with E-state index in [9.17, 15) is 4.39 Å². The number of hydrogen-bond donors (Lipinski definition) is 1. The van der Waals surface area contributed by atoms with Gasteiger partial charge >= 0.3 is 0 Å². The molecule has 0 amide bonds. The summed E-state index contributed by atoms with van der Waals surface area (Å²) in [6.07, 6.45) is 0. The molecule has 0 bridgehead atoms. The van der Waals surface area contributed by atoms with E-state index < -0.39 is 0 Å². The lowest BCUT2D eigenvalue weighted by Crippen LogP contribution is -2.02. The molecule has 0 saturated heterocycles. The van der Waals surface area contributed by atoms with Gasteiger partial charge in [-0.3, -0.25) is 0 Å². The third-order valence-electron chi connectivity index (χ3n) is 2.70. The minimum absolute atomic E-state index is 0.300. The van der Waals surface area contributed by atoms with Gasteiger partial charge in [0.2, 0.25) is 0 Å². The fraction of sp³-hybridized carbons (Fsp3) is 0.200. The Kier molecular flexibility index (Phi) is 4.63. The molecule has 0 aliphatic heterocycles. The van der Waals surface area contributed by atoms with Crippen molar-refractivity contribution in [2.24, 2.45) is 0 Å². The van der Waals surface area contributed by atoms with Crippen molar-refractivity contribution in [2.45, 2.75) is 13.5 Å². The second-order valence-corrected chi connectivity index (χ2v) is 4.42. The molecule has 0 saturated carbocycles. The molecule has 100 valence electrons. The van der Waals surface area contributed by atoms with Crippen LogP contribution in [0.3, 0.4) is 0 Å². The number of anilines is 1. The van der Waals surface area contributed by atoms with E-state index in [-0.39, 0.29) is 5.82 Å². The van der Waals surface area contributed by atoms with Crippen molar-refractivity contribution < 1.29 is 9.13 Å². The molecule has 1 N–H and O–H groups in total. The van der Waals surface area contributed by atoms with Crippen molar-refractivity contribution in [3.8, 4) is 5.75 Å². The van der Waals surface area contributed by atoms with Gasteiger partial charge in [0.05, 0.1) is 6.61 Å². The van der Waals surface area contributed by atoms with Crippen LogP contribution in [-0.4, -0.2) is 6.61 Å². The molecular weight excluding hydrogens is 265 g/mol. The molecule has 0 spiro atoms. The summed E-state index contributed by atoms with van der Waals surface area (Å²) in [7, 11) is 0. The molecule has 0 heterocycles. The third-order valence-corrected chi connectivity index (χ3v) is 3.05. The Bertz CT molecular complexity index is 522. The maximum Gasteiger partial charge on any atom is 0.129 e. The highest BCUT2D eigenvalue weighted by molar-refractivity contribution is 6.31. The fourth-order valence-corrected chi connectivity index (χ4v) is 1.96. The van der Waals surface area contributed by atoms with E-state index in [1.807, 2.05) is 31.2 Å². The summed E-state index contributed by atoms with van der Waals surface area (Å²) in [6, 6.07) is 12.2. The summed E-state index contributed by atoms with van der Waals surface area (Å²) in [6.45, 7) is 2.92. The molecule has 0 atom stereocenters. The van der Waals surface area contributed by atoms with Crippen molar-refractivity contribution >= 4 is 17.3 Å². The lowest BCUT2D eigenvalue weighted by Gasteiger charge is -2.10. The van der Waals surface area contributed by atoms with Gasteiger partial charge in [-0.05, 0) is 43.3 Å². The highest BCUT2D eigenvalue weighted by Crippen LogP contribution is 2.21. The zero-order chi connectivity index (χ0) is 13.7. The van der Waals surface area contributed by atoms with Crippen LogP contribution in [0.1, 0.15) is 12.5 Å². The lowest BCUT2D eigenvalue weighted by molar-refractivity contribution is 0.340. The molecular formula is C15H15ClFNO. The molecule has 0 aromatic heterocycles. The number of ether oxygens (including phenoxy) is 1. The van der Waals surface area contributed by atoms with Gasteiger partial charge in [0, 0.05) is 22.8 Å². The molecule has 2 aromatic rings. The maximum atomic E-state index is 13.6. The third kappa shape index (κ3) is 3.61. The lowest BCUT2D eigenvalue weighted by atomic mass is 10.2. The molecule has 2 nitrogen and oxygen atoms in total. The first-order valence-corrected chi connectivity index (χ1v) is 6.48. The van der Waals surface area contributed by atoms with Crippen LogP contribution in [0.15, 0.2) is 42.5 Å². The van der Waals surface area contributed by atoms with Crippen LogP contribution >= 0.6 is 11.6 Å². The first kappa shape index (κ1) is 13.7. The SMILES string of the molecule is CCOc1ccc(NCc2c(F)cccc2Cl)cc1.